The van der Waals surface area contributed by atoms with Crippen molar-refractivity contribution in [2.24, 2.45) is 0 Å². The molecule has 1 aliphatic rings. The Labute approximate surface area is 185 Å². The number of aliphatic hydroxyl groups is 1. The highest BCUT2D eigenvalue weighted by molar-refractivity contribution is 5.97. The maximum absolute atomic E-state index is 12.9. The molecule has 0 aliphatic carbocycles. The summed E-state index contributed by atoms with van der Waals surface area (Å²) in [7, 11) is 1.63. The Kier molecular flexibility index (Phi) is 6.46. The van der Waals surface area contributed by atoms with Crippen molar-refractivity contribution in [3.63, 3.8) is 0 Å². The number of piperazine rings is 1. The van der Waals surface area contributed by atoms with Crippen LogP contribution < -0.4 is 15.0 Å². The molecule has 1 atom stereocenters. The van der Waals surface area contributed by atoms with Crippen LogP contribution >= 0.6 is 0 Å². The maximum Gasteiger partial charge on any atom is 0.272 e. The summed E-state index contributed by atoms with van der Waals surface area (Å²) in [4.78, 5) is 37.9. The van der Waals surface area contributed by atoms with Crippen molar-refractivity contribution in [2.45, 2.75) is 6.04 Å². The molecule has 32 heavy (non-hydrogen) atoms. The quantitative estimate of drug-likeness (QED) is 0.596. The number of anilines is 1. The van der Waals surface area contributed by atoms with E-state index in [-0.39, 0.29) is 11.6 Å². The maximum atomic E-state index is 12.9. The molecule has 2 heterocycles. The number of nitrogens with one attached hydrogen (secondary N) is 1. The summed E-state index contributed by atoms with van der Waals surface area (Å²) in [6.45, 7) is 1.68. The number of amides is 2. The Bertz CT molecular complexity index is 1110. The second-order valence-corrected chi connectivity index (χ2v) is 7.44. The van der Waals surface area contributed by atoms with Crippen molar-refractivity contribution in [3.8, 4) is 5.75 Å². The lowest BCUT2D eigenvalue weighted by atomic mass is 10.2. The minimum atomic E-state index is -1.05. The molecule has 2 amide bonds. The largest absolute Gasteiger partial charge is 0.495 e. The predicted octanol–water partition coefficient (Wildman–Crippen LogP) is 1.08. The van der Waals surface area contributed by atoms with E-state index in [9.17, 15) is 14.7 Å². The molecule has 0 unspecified atom stereocenters. The molecular weight excluding hydrogens is 410 g/mol. The molecule has 166 valence electrons. The second kappa shape index (κ2) is 9.61. The van der Waals surface area contributed by atoms with Gasteiger partial charge in [-0.1, -0.05) is 24.3 Å². The van der Waals surface area contributed by atoms with Crippen LogP contribution in [0.15, 0.2) is 54.7 Å². The van der Waals surface area contributed by atoms with E-state index in [0.29, 0.717) is 37.2 Å². The number of fused-ring (bicyclic) bond motifs is 1. The lowest BCUT2D eigenvalue weighted by Gasteiger charge is -2.37. The molecule has 0 saturated carbocycles. The Hall–Kier alpha value is -3.72. The van der Waals surface area contributed by atoms with E-state index in [2.05, 4.69) is 20.2 Å². The number of carbonyl (C=O) groups is 2. The average molecular weight is 435 g/mol. The number of carbonyl (C=O) groups excluding carboxylic acids is 2. The van der Waals surface area contributed by atoms with Gasteiger partial charge >= 0.3 is 0 Å². The Morgan fingerprint density at radius 1 is 1.06 bits per heavy atom. The van der Waals surface area contributed by atoms with Crippen LogP contribution in [-0.4, -0.2) is 77.7 Å². The van der Waals surface area contributed by atoms with Crippen LogP contribution in [0, 0.1) is 0 Å². The van der Waals surface area contributed by atoms with Crippen LogP contribution in [-0.2, 0) is 4.79 Å². The van der Waals surface area contributed by atoms with Gasteiger partial charge in [-0.25, -0.2) is 4.98 Å². The van der Waals surface area contributed by atoms with Gasteiger partial charge in [0, 0.05) is 26.2 Å². The summed E-state index contributed by atoms with van der Waals surface area (Å²) in [5, 5.41) is 12.4. The van der Waals surface area contributed by atoms with Gasteiger partial charge in [-0.3, -0.25) is 14.6 Å². The summed E-state index contributed by atoms with van der Waals surface area (Å²) in [6.07, 6.45) is 1.36. The Morgan fingerprint density at radius 3 is 2.47 bits per heavy atom. The molecular formula is C23H25N5O4. The van der Waals surface area contributed by atoms with Gasteiger partial charge in [0.25, 0.3) is 5.91 Å². The molecule has 9 nitrogen and oxygen atoms in total. The number of hydrogen-bond donors (Lipinski definition) is 2. The van der Waals surface area contributed by atoms with Crippen LogP contribution in [0.25, 0.3) is 11.0 Å². The number of benzene rings is 2. The van der Waals surface area contributed by atoms with E-state index in [1.165, 1.54) is 6.20 Å². The average Bonchev–Trinajstić information content (AvgIpc) is 2.86. The highest BCUT2D eigenvalue weighted by Crippen LogP contribution is 2.28. The van der Waals surface area contributed by atoms with Gasteiger partial charge < -0.3 is 25.0 Å². The zero-order valence-corrected chi connectivity index (χ0v) is 17.8. The van der Waals surface area contributed by atoms with Crippen LogP contribution in [0.3, 0.4) is 0 Å². The third-order valence-electron chi connectivity index (χ3n) is 5.48. The topological polar surface area (TPSA) is 108 Å². The molecule has 0 spiro atoms. The molecule has 2 N–H and O–H groups in total. The number of aliphatic hydroxyl groups excluding tert-OH is 1. The first kappa shape index (κ1) is 21.5. The number of nitrogens with zero attached hydrogens (tertiary/aromatic N) is 4. The minimum Gasteiger partial charge on any atom is -0.495 e. The first-order chi connectivity index (χ1) is 15.6. The van der Waals surface area contributed by atoms with E-state index in [4.69, 9.17) is 4.74 Å². The fourth-order valence-electron chi connectivity index (χ4n) is 3.76. The van der Waals surface area contributed by atoms with Crippen molar-refractivity contribution in [1.82, 2.24) is 20.2 Å². The molecule has 0 bridgehead atoms. The molecule has 1 fully saturated rings. The fraction of sp³-hybridized carbons (Fsp3) is 0.304. The van der Waals surface area contributed by atoms with Gasteiger partial charge in [-0.2, -0.15) is 0 Å². The third kappa shape index (κ3) is 4.47. The number of aromatic nitrogens is 2. The molecule has 3 aromatic rings. The summed E-state index contributed by atoms with van der Waals surface area (Å²) in [6, 6.07) is 13.9. The summed E-state index contributed by atoms with van der Waals surface area (Å²) in [5.41, 5.74) is 2.33. The van der Waals surface area contributed by atoms with Crippen LogP contribution in [0.2, 0.25) is 0 Å². The van der Waals surface area contributed by atoms with E-state index in [0.717, 1.165) is 11.4 Å². The second-order valence-electron chi connectivity index (χ2n) is 7.44. The van der Waals surface area contributed by atoms with Crippen molar-refractivity contribution in [2.75, 3.05) is 44.8 Å². The molecule has 2 aromatic carbocycles. The normalized spacial score (nSPS) is 14.8. The molecule has 1 saturated heterocycles. The first-order valence-electron chi connectivity index (χ1n) is 10.4. The van der Waals surface area contributed by atoms with Gasteiger partial charge in [0.1, 0.15) is 17.5 Å². The molecule has 1 aromatic heterocycles. The van der Waals surface area contributed by atoms with E-state index < -0.39 is 18.6 Å². The summed E-state index contributed by atoms with van der Waals surface area (Å²) in [5.74, 6) is -0.0955. The van der Waals surface area contributed by atoms with Gasteiger partial charge in [0.15, 0.2) is 0 Å². The van der Waals surface area contributed by atoms with Gasteiger partial charge in [0.2, 0.25) is 5.91 Å². The number of rotatable bonds is 6. The van der Waals surface area contributed by atoms with E-state index in [1.54, 1.807) is 24.1 Å². The number of para-hydroxylation sites is 4. The van der Waals surface area contributed by atoms with Crippen LogP contribution in [0.5, 0.6) is 5.75 Å². The lowest BCUT2D eigenvalue weighted by molar-refractivity contribution is -0.134. The standard InChI is InChI=1S/C23H25N5O4/c1-32-21-9-5-4-8-20(21)27-10-12-28(13-11-27)23(31)19(15-29)26-22(30)18-14-24-16-6-2-3-7-17(16)25-18/h2-9,14,19,29H,10-13,15H2,1H3,(H,26,30)/t19-/m0/s1. The zero-order valence-electron chi connectivity index (χ0n) is 17.8. The zero-order chi connectivity index (χ0) is 22.5. The highest BCUT2D eigenvalue weighted by atomic mass is 16.5. The van der Waals surface area contributed by atoms with E-state index in [1.807, 2.05) is 36.4 Å². The van der Waals surface area contributed by atoms with Gasteiger partial charge in [-0.05, 0) is 24.3 Å². The van der Waals surface area contributed by atoms with Crippen molar-refractivity contribution in [3.05, 3.63) is 60.4 Å². The molecule has 9 heteroatoms. The Balaban J connectivity index is 1.39. The van der Waals surface area contributed by atoms with Crippen molar-refractivity contribution < 1.29 is 19.4 Å². The summed E-state index contributed by atoms with van der Waals surface area (Å²) < 4.78 is 5.43. The number of ether oxygens (including phenoxy) is 1. The van der Waals surface area contributed by atoms with E-state index >= 15 is 0 Å². The molecule has 4 rings (SSSR count). The van der Waals surface area contributed by atoms with Crippen LogP contribution in [0.4, 0.5) is 5.69 Å². The minimum absolute atomic E-state index is 0.0935. The highest BCUT2D eigenvalue weighted by Gasteiger charge is 2.29. The monoisotopic (exact) mass is 435 g/mol. The van der Waals surface area contributed by atoms with Crippen molar-refractivity contribution >= 4 is 28.5 Å². The molecule has 1 aliphatic heterocycles. The number of methoxy groups -OCH3 is 1. The fourth-order valence-corrected chi connectivity index (χ4v) is 3.76. The van der Waals surface area contributed by atoms with Gasteiger partial charge in [-0.15, -0.1) is 0 Å². The number of hydrogen-bond acceptors (Lipinski definition) is 7. The molecule has 0 radical (unpaired) electrons. The third-order valence-corrected chi connectivity index (χ3v) is 5.48. The Morgan fingerprint density at radius 2 is 1.75 bits per heavy atom. The van der Waals surface area contributed by atoms with Gasteiger partial charge in [0.05, 0.1) is 36.6 Å². The smallest absolute Gasteiger partial charge is 0.272 e. The first-order valence-corrected chi connectivity index (χ1v) is 10.4. The lowest BCUT2D eigenvalue weighted by Crippen LogP contribution is -2.56. The predicted molar refractivity (Wildman–Crippen MR) is 120 cm³/mol. The van der Waals surface area contributed by atoms with Crippen LogP contribution in [0.1, 0.15) is 10.5 Å². The summed E-state index contributed by atoms with van der Waals surface area (Å²) >= 11 is 0. The SMILES string of the molecule is COc1ccccc1N1CCN(C(=O)[C@H](CO)NC(=O)c2cnc3ccccc3n2)CC1. The van der Waals surface area contributed by atoms with Crippen molar-refractivity contribution in [1.29, 1.82) is 0 Å².